The van der Waals surface area contributed by atoms with Crippen molar-refractivity contribution in [2.75, 3.05) is 0 Å². The smallest absolute Gasteiger partial charge is 0.270 e. The molecule has 2 aromatic carbocycles. The number of nitrogens with zero attached hydrogens (tertiary/aromatic N) is 1. The van der Waals surface area contributed by atoms with Gasteiger partial charge in [0, 0.05) is 23.7 Å². The van der Waals surface area contributed by atoms with E-state index in [0.717, 1.165) is 5.56 Å². The summed E-state index contributed by atoms with van der Waals surface area (Å²) in [6.07, 6.45) is 3.48. The lowest BCUT2D eigenvalue weighted by molar-refractivity contribution is -0.692. The van der Waals surface area contributed by atoms with Crippen molar-refractivity contribution in [2.45, 2.75) is 19.2 Å². The highest BCUT2D eigenvalue weighted by Gasteiger charge is 2.34. The Balaban J connectivity index is 1.92. The van der Waals surface area contributed by atoms with Crippen LogP contribution in [0.2, 0.25) is 5.02 Å². The molecule has 0 bridgehead atoms. The van der Waals surface area contributed by atoms with Crippen LogP contribution in [0, 0.1) is 0 Å². The highest BCUT2D eigenvalue weighted by atomic mass is 35.5. The number of carbonyl (C=O) groups excluding carboxylic acids is 1. The maximum atomic E-state index is 13.3. The minimum absolute atomic E-state index is 0.127. The van der Waals surface area contributed by atoms with Crippen molar-refractivity contribution in [1.29, 1.82) is 0 Å². The van der Waals surface area contributed by atoms with E-state index >= 15 is 0 Å². The van der Waals surface area contributed by atoms with Crippen LogP contribution < -0.4 is 9.88 Å². The van der Waals surface area contributed by atoms with E-state index in [4.69, 9.17) is 23.8 Å². The second kappa shape index (κ2) is 9.55. The predicted octanol–water partition coefficient (Wildman–Crippen LogP) is 3.66. The lowest BCUT2D eigenvalue weighted by Crippen LogP contribution is -2.51. The predicted molar refractivity (Wildman–Crippen MR) is 113 cm³/mol. The number of aliphatic hydroxyl groups excluding tert-OH is 1. The van der Waals surface area contributed by atoms with E-state index in [-0.39, 0.29) is 12.4 Å². The first-order chi connectivity index (χ1) is 13.6. The highest BCUT2D eigenvalue weighted by molar-refractivity contribution is 7.80. The Kier molecular flexibility index (Phi) is 6.87. The molecule has 3 aromatic rings. The van der Waals surface area contributed by atoms with Crippen LogP contribution in [0.25, 0.3) is 0 Å². The van der Waals surface area contributed by atoms with Crippen LogP contribution in [0.3, 0.4) is 0 Å². The van der Waals surface area contributed by atoms with Gasteiger partial charge in [0.05, 0.1) is 11.6 Å². The topological polar surface area (TPSA) is 53.2 Å². The molecular formula is C22H20ClN2O2S+. The molecule has 142 valence electrons. The van der Waals surface area contributed by atoms with Gasteiger partial charge in [-0.25, -0.2) is 0 Å². The molecule has 3 rings (SSSR count). The van der Waals surface area contributed by atoms with Crippen molar-refractivity contribution in [3.63, 3.8) is 0 Å². The van der Waals surface area contributed by atoms with E-state index in [9.17, 15) is 9.90 Å². The van der Waals surface area contributed by atoms with Crippen LogP contribution in [0.5, 0.6) is 0 Å². The number of nitrogens with one attached hydrogen (secondary N) is 1. The molecule has 1 heterocycles. The van der Waals surface area contributed by atoms with E-state index < -0.39 is 6.04 Å². The zero-order valence-corrected chi connectivity index (χ0v) is 16.7. The minimum atomic E-state index is -0.773. The van der Waals surface area contributed by atoms with Gasteiger partial charge in [0.15, 0.2) is 17.4 Å². The standard InChI is InChI=1S/C22H19ClN2O2S/c23-19-11-5-4-10-18(19)21(27)20(25-12-6-9-17(14-25)15-26)22(28)24-13-16-7-2-1-3-8-16/h1-12,14,20,26H,13,15H2/p+1. The molecule has 4 nitrogen and oxygen atoms in total. The molecule has 0 saturated heterocycles. The molecule has 0 saturated carbocycles. The van der Waals surface area contributed by atoms with Gasteiger partial charge >= 0.3 is 0 Å². The maximum Gasteiger partial charge on any atom is 0.270 e. The van der Waals surface area contributed by atoms with Gasteiger partial charge in [0.2, 0.25) is 5.78 Å². The third kappa shape index (κ3) is 4.81. The summed E-state index contributed by atoms with van der Waals surface area (Å²) in [5, 5.41) is 13.0. The second-order valence-corrected chi connectivity index (χ2v) is 7.11. The molecule has 0 aliphatic heterocycles. The van der Waals surface area contributed by atoms with E-state index in [0.29, 0.717) is 27.7 Å². The normalized spacial score (nSPS) is 11.6. The Morgan fingerprint density at radius 3 is 2.43 bits per heavy atom. The lowest BCUT2D eigenvalue weighted by atomic mass is 10.0. The zero-order valence-electron chi connectivity index (χ0n) is 15.1. The number of hydrogen-bond donors (Lipinski definition) is 2. The first kappa shape index (κ1) is 20.1. The molecular weight excluding hydrogens is 392 g/mol. The number of aliphatic hydroxyl groups is 1. The fourth-order valence-electron chi connectivity index (χ4n) is 2.88. The molecule has 0 amide bonds. The van der Waals surface area contributed by atoms with Gasteiger partial charge in [-0.2, -0.15) is 4.57 Å². The van der Waals surface area contributed by atoms with Crippen LogP contribution in [-0.2, 0) is 13.2 Å². The van der Waals surface area contributed by atoms with Gasteiger partial charge in [-0.1, -0.05) is 66.3 Å². The molecule has 0 aliphatic carbocycles. The fraction of sp³-hybridized carbons (Fsp3) is 0.136. The van der Waals surface area contributed by atoms with Gasteiger partial charge in [-0.3, -0.25) is 4.79 Å². The molecule has 6 heteroatoms. The summed E-state index contributed by atoms with van der Waals surface area (Å²) in [7, 11) is 0. The van der Waals surface area contributed by atoms with Crippen molar-refractivity contribution in [1.82, 2.24) is 5.32 Å². The molecule has 1 unspecified atom stereocenters. The van der Waals surface area contributed by atoms with Crippen molar-refractivity contribution < 1.29 is 14.5 Å². The van der Waals surface area contributed by atoms with Gasteiger partial charge in [0.1, 0.15) is 0 Å². The number of ketones is 1. The van der Waals surface area contributed by atoms with E-state index in [2.05, 4.69) is 5.32 Å². The number of rotatable bonds is 7. The molecule has 0 spiro atoms. The quantitative estimate of drug-likeness (QED) is 0.354. The van der Waals surface area contributed by atoms with Gasteiger partial charge in [0.25, 0.3) is 6.04 Å². The third-order valence-corrected chi connectivity index (χ3v) is 5.01. The zero-order chi connectivity index (χ0) is 19.9. The summed E-state index contributed by atoms with van der Waals surface area (Å²) >= 11 is 11.9. The van der Waals surface area contributed by atoms with Crippen molar-refractivity contribution >= 4 is 34.6 Å². The number of Topliss-reactive ketones (excluding diaryl/α,β-unsaturated/α-hetero) is 1. The molecule has 0 fully saturated rings. The maximum absolute atomic E-state index is 13.3. The highest BCUT2D eigenvalue weighted by Crippen LogP contribution is 2.20. The Bertz CT molecular complexity index is 979. The first-order valence-corrected chi connectivity index (χ1v) is 9.59. The van der Waals surface area contributed by atoms with Crippen molar-refractivity contribution in [2.24, 2.45) is 0 Å². The number of halogens is 1. The van der Waals surface area contributed by atoms with Gasteiger partial charge < -0.3 is 10.4 Å². The van der Waals surface area contributed by atoms with E-state index in [1.807, 2.05) is 30.3 Å². The summed E-state index contributed by atoms with van der Waals surface area (Å²) in [6, 6.07) is 19.5. The number of benzene rings is 2. The number of thiocarbonyl (C=S) groups is 1. The van der Waals surface area contributed by atoms with Crippen LogP contribution in [0.1, 0.15) is 27.5 Å². The second-order valence-electron chi connectivity index (χ2n) is 6.27. The van der Waals surface area contributed by atoms with Crippen LogP contribution in [0.4, 0.5) is 0 Å². The lowest BCUT2D eigenvalue weighted by Gasteiger charge is -2.16. The van der Waals surface area contributed by atoms with Crippen molar-refractivity contribution in [3.05, 3.63) is 101 Å². The van der Waals surface area contributed by atoms with Gasteiger partial charge in [-0.05, 0) is 23.8 Å². The third-order valence-electron chi connectivity index (χ3n) is 4.31. The minimum Gasteiger partial charge on any atom is -0.391 e. The number of pyridine rings is 1. The summed E-state index contributed by atoms with van der Waals surface area (Å²) < 4.78 is 1.71. The van der Waals surface area contributed by atoms with Crippen LogP contribution in [0.15, 0.2) is 79.1 Å². The summed E-state index contributed by atoms with van der Waals surface area (Å²) in [6.45, 7) is 0.379. The molecule has 28 heavy (non-hydrogen) atoms. The molecule has 1 aromatic heterocycles. The largest absolute Gasteiger partial charge is 0.391 e. The summed E-state index contributed by atoms with van der Waals surface area (Å²) in [5.74, 6) is -0.212. The van der Waals surface area contributed by atoms with Crippen LogP contribution in [-0.4, -0.2) is 15.9 Å². The number of aromatic nitrogens is 1. The summed E-state index contributed by atoms with van der Waals surface area (Å²) in [5.41, 5.74) is 2.15. The molecule has 0 radical (unpaired) electrons. The Labute approximate surface area is 174 Å². The Hall–Kier alpha value is -2.60. The number of carbonyl (C=O) groups is 1. The molecule has 1 atom stereocenters. The monoisotopic (exact) mass is 411 g/mol. The summed E-state index contributed by atoms with van der Waals surface area (Å²) in [4.78, 5) is 13.7. The molecule has 2 N–H and O–H groups in total. The fourth-order valence-corrected chi connectivity index (χ4v) is 3.41. The van der Waals surface area contributed by atoms with Crippen LogP contribution >= 0.6 is 23.8 Å². The first-order valence-electron chi connectivity index (χ1n) is 8.81. The van der Waals surface area contributed by atoms with E-state index in [1.165, 1.54) is 0 Å². The average Bonchev–Trinajstić information content (AvgIpc) is 2.73. The Morgan fingerprint density at radius 1 is 1.04 bits per heavy atom. The average molecular weight is 412 g/mol. The van der Waals surface area contributed by atoms with Gasteiger partial charge in [-0.15, -0.1) is 0 Å². The van der Waals surface area contributed by atoms with E-state index in [1.54, 1.807) is 53.4 Å². The van der Waals surface area contributed by atoms with Crippen molar-refractivity contribution in [3.8, 4) is 0 Å². The number of hydrogen-bond acceptors (Lipinski definition) is 3. The SMILES string of the molecule is O=C(c1ccccc1Cl)C(C(=S)NCc1ccccc1)[n+]1cccc(CO)c1. The Morgan fingerprint density at radius 2 is 1.71 bits per heavy atom. The molecule has 0 aliphatic rings.